The van der Waals surface area contributed by atoms with Gasteiger partial charge in [0.15, 0.2) is 6.10 Å². The van der Waals surface area contributed by atoms with Crippen molar-refractivity contribution in [2.45, 2.75) is 24.5 Å². The quantitative estimate of drug-likeness (QED) is 0.683. The predicted octanol–water partition coefficient (Wildman–Crippen LogP) is 1.70. The van der Waals surface area contributed by atoms with Crippen molar-refractivity contribution in [3.05, 3.63) is 52.9 Å². The summed E-state index contributed by atoms with van der Waals surface area (Å²) in [5.74, 6) is -0.821. The minimum Gasteiger partial charge on any atom is -0.467 e. The molecule has 8 nitrogen and oxygen atoms in total. The highest BCUT2D eigenvalue weighted by molar-refractivity contribution is 7.89. The average Bonchev–Trinajstić information content (AvgIpc) is 3.13. The number of benzene rings is 1. The average molecular weight is 401 g/mol. The summed E-state index contributed by atoms with van der Waals surface area (Å²) in [6.07, 6.45) is 0.389. The summed E-state index contributed by atoms with van der Waals surface area (Å²) in [4.78, 5) is 23.9. The Morgan fingerprint density at radius 1 is 1.31 bits per heavy atom. The largest absolute Gasteiger partial charge is 0.467 e. The van der Waals surface area contributed by atoms with Crippen molar-refractivity contribution in [1.82, 2.24) is 10.0 Å². The van der Waals surface area contributed by atoms with Gasteiger partial charge in [0, 0.05) is 0 Å². The maximum absolute atomic E-state index is 12.2. The number of carbonyl (C=O) groups is 2. The molecule has 1 aromatic heterocycles. The van der Waals surface area contributed by atoms with Crippen molar-refractivity contribution in [1.29, 1.82) is 0 Å². The molecule has 2 aromatic rings. The lowest BCUT2D eigenvalue weighted by molar-refractivity contribution is -0.129. The molecule has 2 rings (SSSR count). The summed E-state index contributed by atoms with van der Waals surface area (Å²) < 4.78 is 36.1. The first-order valence-electron chi connectivity index (χ1n) is 7.48. The molecule has 140 valence electrons. The number of hydrogen-bond acceptors (Lipinski definition) is 6. The Balaban J connectivity index is 2.04. The number of halogens is 1. The SMILES string of the molecule is CNS(=O)(=O)c1cc(C(=O)O[C@H](C)C(=O)NCc2ccco2)ccc1Cl. The predicted molar refractivity (Wildman–Crippen MR) is 93.1 cm³/mol. The standard InChI is InChI=1S/C16H17ClN2O6S/c1-10(15(20)19-9-12-4-3-7-24-12)25-16(21)11-5-6-13(17)14(8-11)26(22,23)18-2/h3-8,10,18H,9H2,1-2H3,(H,19,20)/t10-/m1/s1. The second-order valence-corrected chi connectivity index (χ2v) is 7.46. The normalized spacial score (nSPS) is 12.4. The van der Waals surface area contributed by atoms with Crippen molar-refractivity contribution in [3.8, 4) is 0 Å². The van der Waals surface area contributed by atoms with Gasteiger partial charge >= 0.3 is 5.97 Å². The first-order valence-corrected chi connectivity index (χ1v) is 9.35. The van der Waals surface area contributed by atoms with Crippen LogP contribution in [-0.2, 0) is 26.1 Å². The first-order chi connectivity index (χ1) is 12.2. The molecule has 0 aliphatic carbocycles. The van der Waals surface area contributed by atoms with Crippen LogP contribution < -0.4 is 10.0 Å². The number of rotatable bonds is 7. The van der Waals surface area contributed by atoms with Gasteiger partial charge < -0.3 is 14.5 Å². The van der Waals surface area contributed by atoms with E-state index in [1.807, 2.05) is 0 Å². The highest BCUT2D eigenvalue weighted by Gasteiger charge is 2.22. The van der Waals surface area contributed by atoms with Crippen molar-refractivity contribution in [2.75, 3.05) is 7.05 Å². The molecular weight excluding hydrogens is 384 g/mol. The molecule has 0 saturated carbocycles. The summed E-state index contributed by atoms with van der Waals surface area (Å²) in [7, 11) is -2.62. The summed E-state index contributed by atoms with van der Waals surface area (Å²) in [6.45, 7) is 1.55. The van der Waals surface area contributed by atoms with Crippen LogP contribution in [0.5, 0.6) is 0 Å². The van der Waals surface area contributed by atoms with Gasteiger partial charge in [-0.25, -0.2) is 17.9 Å². The van der Waals surface area contributed by atoms with Gasteiger partial charge in [-0.2, -0.15) is 0 Å². The van der Waals surface area contributed by atoms with Gasteiger partial charge in [0.25, 0.3) is 5.91 Å². The molecule has 0 radical (unpaired) electrons. The third-order valence-electron chi connectivity index (χ3n) is 3.40. The molecule has 0 aliphatic rings. The smallest absolute Gasteiger partial charge is 0.338 e. The molecule has 0 spiro atoms. The van der Waals surface area contributed by atoms with E-state index in [1.165, 1.54) is 32.4 Å². The van der Waals surface area contributed by atoms with Gasteiger partial charge in [-0.05, 0) is 44.3 Å². The number of carbonyl (C=O) groups excluding carboxylic acids is 2. The number of ether oxygens (including phenoxy) is 1. The highest BCUT2D eigenvalue weighted by Crippen LogP contribution is 2.23. The molecule has 10 heteroatoms. The molecule has 0 bridgehead atoms. The molecule has 0 fully saturated rings. The number of nitrogens with one attached hydrogen (secondary N) is 2. The number of hydrogen-bond donors (Lipinski definition) is 2. The van der Waals surface area contributed by atoms with Crippen LogP contribution in [0.15, 0.2) is 45.9 Å². The van der Waals surface area contributed by atoms with E-state index < -0.39 is 28.0 Å². The number of furan rings is 1. The summed E-state index contributed by atoms with van der Waals surface area (Å²) in [5, 5.41) is 2.52. The number of sulfonamides is 1. The maximum atomic E-state index is 12.2. The molecular formula is C16H17ClN2O6S. The summed E-state index contributed by atoms with van der Waals surface area (Å²) >= 11 is 5.87. The van der Waals surface area contributed by atoms with Crippen molar-refractivity contribution < 1.29 is 27.2 Å². The first kappa shape index (κ1) is 20.0. The van der Waals surface area contributed by atoms with Crippen LogP contribution >= 0.6 is 11.6 Å². The second kappa shape index (κ2) is 8.35. The lowest BCUT2D eigenvalue weighted by Crippen LogP contribution is -2.35. The Morgan fingerprint density at radius 2 is 2.04 bits per heavy atom. The lowest BCUT2D eigenvalue weighted by Gasteiger charge is -2.14. The molecule has 2 N–H and O–H groups in total. The van der Waals surface area contributed by atoms with E-state index in [0.29, 0.717) is 5.76 Å². The third-order valence-corrected chi connectivity index (χ3v) is 5.29. The topological polar surface area (TPSA) is 115 Å². The Hall–Kier alpha value is -2.36. The Morgan fingerprint density at radius 3 is 2.65 bits per heavy atom. The van der Waals surface area contributed by atoms with E-state index in [2.05, 4.69) is 10.0 Å². The fourth-order valence-corrected chi connectivity index (χ4v) is 3.21. The molecule has 26 heavy (non-hydrogen) atoms. The monoisotopic (exact) mass is 400 g/mol. The van der Waals surface area contributed by atoms with Crippen LogP contribution in [0, 0.1) is 0 Å². The van der Waals surface area contributed by atoms with E-state index in [-0.39, 0.29) is 22.0 Å². The molecule has 0 unspecified atom stereocenters. The van der Waals surface area contributed by atoms with Gasteiger partial charge in [-0.1, -0.05) is 11.6 Å². The molecule has 0 aliphatic heterocycles. The minimum absolute atomic E-state index is 0.0415. The zero-order valence-corrected chi connectivity index (χ0v) is 15.6. The van der Waals surface area contributed by atoms with Crippen LogP contribution in [0.3, 0.4) is 0 Å². The van der Waals surface area contributed by atoms with Crippen LogP contribution in [-0.4, -0.2) is 33.4 Å². The molecule has 1 heterocycles. The maximum Gasteiger partial charge on any atom is 0.338 e. The molecule has 1 amide bonds. The summed E-state index contributed by atoms with van der Waals surface area (Å²) in [5.41, 5.74) is -0.0473. The van der Waals surface area contributed by atoms with Gasteiger partial charge in [-0.15, -0.1) is 0 Å². The van der Waals surface area contributed by atoms with E-state index in [1.54, 1.807) is 12.1 Å². The Labute approximate surface area is 155 Å². The van der Waals surface area contributed by atoms with E-state index >= 15 is 0 Å². The van der Waals surface area contributed by atoms with E-state index in [0.717, 1.165) is 6.07 Å². The van der Waals surface area contributed by atoms with Gasteiger partial charge in [0.05, 0.1) is 23.4 Å². The molecule has 0 saturated heterocycles. The molecule has 1 aromatic carbocycles. The molecule has 1 atom stereocenters. The lowest BCUT2D eigenvalue weighted by atomic mass is 10.2. The fraction of sp³-hybridized carbons (Fsp3) is 0.250. The minimum atomic E-state index is -3.84. The summed E-state index contributed by atoms with van der Waals surface area (Å²) in [6, 6.07) is 7.04. The number of esters is 1. The fourth-order valence-electron chi connectivity index (χ4n) is 1.96. The van der Waals surface area contributed by atoms with Crippen LogP contribution in [0.4, 0.5) is 0 Å². The highest BCUT2D eigenvalue weighted by atomic mass is 35.5. The van der Waals surface area contributed by atoms with Gasteiger partial charge in [0.1, 0.15) is 10.7 Å². The van der Waals surface area contributed by atoms with Crippen molar-refractivity contribution in [3.63, 3.8) is 0 Å². The van der Waals surface area contributed by atoms with E-state index in [9.17, 15) is 18.0 Å². The second-order valence-electron chi connectivity index (χ2n) is 5.20. The zero-order chi connectivity index (χ0) is 19.3. The zero-order valence-electron chi connectivity index (χ0n) is 14.0. The van der Waals surface area contributed by atoms with Gasteiger partial charge in [0.2, 0.25) is 10.0 Å². The van der Waals surface area contributed by atoms with Crippen molar-refractivity contribution in [2.24, 2.45) is 0 Å². The third kappa shape index (κ3) is 4.84. The van der Waals surface area contributed by atoms with Crippen LogP contribution in [0.2, 0.25) is 5.02 Å². The van der Waals surface area contributed by atoms with Crippen LogP contribution in [0.25, 0.3) is 0 Å². The number of amides is 1. The van der Waals surface area contributed by atoms with Gasteiger partial charge in [-0.3, -0.25) is 4.79 Å². The van der Waals surface area contributed by atoms with E-state index in [4.69, 9.17) is 20.8 Å². The Kier molecular flexibility index (Phi) is 6.41. The van der Waals surface area contributed by atoms with Crippen molar-refractivity contribution >= 4 is 33.5 Å². The van der Waals surface area contributed by atoms with Crippen LogP contribution in [0.1, 0.15) is 23.0 Å². The Bertz CT molecular complexity index is 895.